The van der Waals surface area contributed by atoms with Gasteiger partial charge in [0.1, 0.15) is 0 Å². The van der Waals surface area contributed by atoms with E-state index in [2.05, 4.69) is 13.8 Å². The van der Waals surface area contributed by atoms with E-state index in [0.717, 1.165) is 11.8 Å². The van der Waals surface area contributed by atoms with Crippen molar-refractivity contribution in [3.8, 4) is 0 Å². The van der Waals surface area contributed by atoms with Crippen LogP contribution >= 0.6 is 0 Å². The van der Waals surface area contributed by atoms with Crippen molar-refractivity contribution in [2.75, 3.05) is 0 Å². The molecule has 1 aliphatic heterocycles. The first kappa shape index (κ1) is 15.9. The summed E-state index contributed by atoms with van der Waals surface area (Å²) in [5.74, 6) is 2.97. The van der Waals surface area contributed by atoms with Crippen LogP contribution in [0.1, 0.15) is 78.1 Å². The molecule has 1 heterocycles. The molecule has 0 aromatic rings. The van der Waals surface area contributed by atoms with E-state index in [9.17, 15) is 0 Å². The van der Waals surface area contributed by atoms with Gasteiger partial charge >= 0.3 is 7.69 Å². The minimum absolute atomic E-state index is 0.296. The number of hydrogen-bond acceptors (Lipinski definition) is 2. The molecule has 2 nitrogen and oxygen atoms in total. The summed E-state index contributed by atoms with van der Waals surface area (Å²) >= 11 is 0. The molecular weight excluding hydrogens is 259 g/mol. The lowest BCUT2D eigenvalue weighted by Crippen LogP contribution is -2.40. The summed E-state index contributed by atoms with van der Waals surface area (Å²) in [5, 5.41) is 0. The summed E-state index contributed by atoms with van der Waals surface area (Å²) in [6.07, 6.45) is 14.7. The molecule has 1 radical (unpaired) electrons. The number of hydrogen-bond donors (Lipinski definition) is 0. The van der Waals surface area contributed by atoms with Crippen molar-refractivity contribution < 1.29 is 9.31 Å². The zero-order chi connectivity index (χ0) is 14.7. The van der Waals surface area contributed by atoms with Gasteiger partial charge in [-0.3, -0.25) is 0 Å². The third-order valence-electron chi connectivity index (χ3n) is 6.57. The molecule has 4 atom stereocenters. The Hall–Kier alpha value is -0.0151. The maximum absolute atomic E-state index is 5.95. The zero-order valence-electron chi connectivity index (χ0n) is 13.9. The van der Waals surface area contributed by atoms with Crippen molar-refractivity contribution in [1.29, 1.82) is 0 Å². The van der Waals surface area contributed by atoms with Gasteiger partial charge in [0.2, 0.25) is 0 Å². The first-order chi connectivity index (χ1) is 10.3. The molecule has 3 rings (SSSR count). The van der Waals surface area contributed by atoms with Crippen LogP contribution in [-0.2, 0) is 9.31 Å². The molecule has 3 heteroatoms. The summed E-state index contributed by atoms with van der Waals surface area (Å²) in [6, 6.07) is 0. The van der Waals surface area contributed by atoms with Gasteiger partial charge in [0, 0.05) is 0 Å². The van der Waals surface area contributed by atoms with Gasteiger partial charge in [0.25, 0.3) is 0 Å². The largest absolute Gasteiger partial charge is 0.488 e. The third kappa shape index (κ3) is 3.67. The van der Waals surface area contributed by atoms with E-state index >= 15 is 0 Å². The highest BCUT2D eigenvalue weighted by molar-refractivity contribution is 6.19. The van der Waals surface area contributed by atoms with Crippen LogP contribution in [0.5, 0.6) is 0 Å². The second-order valence-electron chi connectivity index (χ2n) is 7.81. The third-order valence-corrected chi connectivity index (χ3v) is 6.57. The normalized spacial score (nSPS) is 35.3. The standard InChI is InChI=1S/C18H32BO2/c1-13(15-9-5-3-6-10-15)17-18(21-19-20-17)14(2)16-11-7-4-8-12-16/h13-18H,3-12H2,1-2H3/t13?,14?,17-,18-/m1/s1. The fraction of sp³-hybridized carbons (Fsp3) is 1.00. The molecule has 0 amide bonds. The average Bonchev–Trinajstić information content (AvgIpc) is 3.04. The minimum Gasteiger partial charge on any atom is -0.407 e. The summed E-state index contributed by atoms with van der Waals surface area (Å²) < 4.78 is 11.9. The Morgan fingerprint density at radius 3 is 1.43 bits per heavy atom. The molecule has 3 fully saturated rings. The Bertz CT molecular complexity index is 280. The lowest BCUT2D eigenvalue weighted by atomic mass is 9.72. The van der Waals surface area contributed by atoms with Gasteiger partial charge < -0.3 is 9.31 Å². The van der Waals surface area contributed by atoms with E-state index in [0.29, 0.717) is 24.0 Å². The lowest BCUT2D eigenvalue weighted by Gasteiger charge is -2.38. The monoisotopic (exact) mass is 291 g/mol. The Balaban J connectivity index is 1.60. The Morgan fingerprint density at radius 1 is 0.667 bits per heavy atom. The highest BCUT2D eigenvalue weighted by Crippen LogP contribution is 2.40. The van der Waals surface area contributed by atoms with Crippen molar-refractivity contribution in [3.63, 3.8) is 0 Å². The first-order valence-corrected chi connectivity index (χ1v) is 9.40. The van der Waals surface area contributed by atoms with Gasteiger partial charge in [-0.05, 0) is 23.7 Å². The SMILES string of the molecule is CC(C1CCCCC1)[C@H]1O[B]O[C@@H]1C(C)C1CCCCC1. The molecular formula is C18H32BO2. The van der Waals surface area contributed by atoms with Crippen molar-refractivity contribution in [1.82, 2.24) is 0 Å². The van der Waals surface area contributed by atoms with Crippen molar-refractivity contribution in [2.24, 2.45) is 23.7 Å². The highest BCUT2D eigenvalue weighted by atomic mass is 16.6. The molecule has 0 spiro atoms. The van der Waals surface area contributed by atoms with Gasteiger partial charge in [-0.1, -0.05) is 78.1 Å². The topological polar surface area (TPSA) is 18.5 Å². The zero-order valence-corrected chi connectivity index (χ0v) is 13.9. The molecule has 0 bridgehead atoms. The molecule has 21 heavy (non-hydrogen) atoms. The molecule has 3 aliphatic rings. The predicted molar refractivity (Wildman–Crippen MR) is 87.0 cm³/mol. The molecule has 119 valence electrons. The number of rotatable bonds is 4. The van der Waals surface area contributed by atoms with Crippen LogP contribution in [0.15, 0.2) is 0 Å². The Labute approximate surface area is 131 Å². The smallest absolute Gasteiger partial charge is 0.407 e. The summed E-state index contributed by atoms with van der Waals surface area (Å²) in [5.41, 5.74) is 0. The van der Waals surface area contributed by atoms with Crippen LogP contribution in [0.3, 0.4) is 0 Å². The fourth-order valence-corrected chi connectivity index (χ4v) is 5.02. The van der Waals surface area contributed by atoms with Gasteiger partial charge in [-0.25, -0.2) is 0 Å². The fourth-order valence-electron chi connectivity index (χ4n) is 5.02. The molecule has 2 aliphatic carbocycles. The van der Waals surface area contributed by atoms with Crippen LogP contribution in [0, 0.1) is 23.7 Å². The van der Waals surface area contributed by atoms with Gasteiger partial charge in [0.15, 0.2) is 0 Å². The van der Waals surface area contributed by atoms with Crippen LogP contribution in [0.4, 0.5) is 0 Å². The molecule has 0 aromatic carbocycles. The van der Waals surface area contributed by atoms with E-state index in [1.807, 2.05) is 0 Å². The quantitative estimate of drug-likeness (QED) is 0.697. The summed E-state index contributed by atoms with van der Waals surface area (Å²) in [6.45, 7) is 4.81. The Morgan fingerprint density at radius 2 is 1.05 bits per heavy atom. The maximum atomic E-state index is 5.95. The van der Waals surface area contributed by atoms with E-state index < -0.39 is 0 Å². The predicted octanol–water partition coefficient (Wildman–Crippen LogP) is 4.74. The summed E-state index contributed by atoms with van der Waals surface area (Å²) in [7, 11) is 1.65. The second kappa shape index (κ2) is 7.50. The molecule has 0 aromatic heterocycles. The van der Waals surface area contributed by atoms with Gasteiger partial charge in [-0.15, -0.1) is 0 Å². The summed E-state index contributed by atoms with van der Waals surface area (Å²) in [4.78, 5) is 0. The van der Waals surface area contributed by atoms with Crippen molar-refractivity contribution >= 4 is 7.69 Å². The van der Waals surface area contributed by atoms with Crippen molar-refractivity contribution in [3.05, 3.63) is 0 Å². The van der Waals surface area contributed by atoms with Gasteiger partial charge in [0.05, 0.1) is 12.2 Å². The van der Waals surface area contributed by atoms with E-state index in [1.165, 1.54) is 64.2 Å². The van der Waals surface area contributed by atoms with Crippen LogP contribution in [0.25, 0.3) is 0 Å². The Kier molecular flexibility index (Phi) is 5.67. The maximum Gasteiger partial charge on any atom is 0.488 e. The molecule has 2 unspecified atom stereocenters. The molecule has 1 saturated heterocycles. The van der Waals surface area contributed by atoms with E-state index in [1.54, 1.807) is 7.69 Å². The average molecular weight is 291 g/mol. The van der Waals surface area contributed by atoms with Crippen LogP contribution < -0.4 is 0 Å². The molecule has 2 saturated carbocycles. The minimum atomic E-state index is 0.296. The molecule has 0 N–H and O–H groups in total. The van der Waals surface area contributed by atoms with E-state index in [4.69, 9.17) is 9.31 Å². The van der Waals surface area contributed by atoms with Gasteiger partial charge in [-0.2, -0.15) is 0 Å². The lowest BCUT2D eigenvalue weighted by molar-refractivity contribution is 0.0166. The highest BCUT2D eigenvalue weighted by Gasteiger charge is 2.42. The van der Waals surface area contributed by atoms with Crippen LogP contribution in [-0.4, -0.2) is 19.9 Å². The van der Waals surface area contributed by atoms with Crippen LogP contribution in [0.2, 0.25) is 0 Å². The first-order valence-electron chi connectivity index (χ1n) is 9.40. The second-order valence-corrected chi connectivity index (χ2v) is 7.81. The van der Waals surface area contributed by atoms with E-state index in [-0.39, 0.29) is 0 Å². The van der Waals surface area contributed by atoms with Crippen molar-refractivity contribution in [2.45, 2.75) is 90.3 Å².